The molecule has 0 saturated carbocycles. The minimum absolute atomic E-state index is 0.0357. The van der Waals surface area contributed by atoms with E-state index in [1.54, 1.807) is 12.1 Å². The average molecular weight is 286 g/mol. The highest BCUT2D eigenvalue weighted by Crippen LogP contribution is 2.27. The third-order valence-electron chi connectivity index (χ3n) is 3.46. The van der Waals surface area contributed by atoms with Crippen LogP contribution in [-0.2, 0) is 6.54 Å². The van der Waals surface area contributed by atoms with E-state index in [1.165, 1.54) is 11.8 Å². The van der Waals surface area contributed by atoms with E-state index >= 15 is 0 Å². The van der Waals surface area contributed by atoms with Gasteiger partial charge in [0.05, 0.1) is 0 Å². The Morgan fingerprint density at radius 1 is 1.00 bits per heavy atom. The lowest BCUT2D eigenvalue weighted by molar-refractivity contribution is 0.397. The minimum atomic E-state index is -0.0712. The maximum atomic E-state index is 9.69. The molecule has 0 atom stereocenters. The molecule has 0 aromatic heterocycles. The molecule has 0 spiro atoms. The molecule has 4 nitrogen and oxygen atoms in total. The maximum Gasteiger partial charge on any atom is 0.161 e. The van der Waals surface area contributed by atoms with Gasteiger partial charge in [-0.1, -0.05) is 30.3 Å². The molecule has 0 bridgehead atoms. The van der Waals surface area contributed by atoms with Gasteiger partial charge < -0.3 is 20.4 Å². The zero-order valence-electron chi connectivity index (χ0n) is 12.3. The first-order chi connectivity index (χ1) is 10.2. The standard InChI is InChI=1S/C17H22N2O2/c1-19(15-8-3-2-4-9-15)12-6-11-18-13-14-7-5-10-16(20)17(14)21/h2-5,7-10,18,20-21H,6,11-13H2,1H3. The SMILES string of the molecule is CN(CCCNCc1cccc(O)c1O)c1ccccc1. The van der Waals surface area contributed by atoms with Crippen molar-refractivity contribution in [3.8, 4) is 11.5 Å². The number of para-hydroxylation sites is 2. The summed E-state index contributed by atoms with van der Waals surface area (Å²) in [5.41, 5.74) is 1.93. The number of benzene rings is 2. The van der Waals surface area contributed by atoms with E-state index in [9.17, 15) is 10.2 Å². The second-order valence-electron chi connectivity index (χ2n) is 5.07. The van der Waals surface area contributed by atoms with Crippen molar-refractivity contribution >= 4 is 5.69 Å². The topological polar surface area (TPSA) is 55.7 Å². The number of hydrogen-bond donors (Lipinski definition) is 3. The Kier molecular flexibility index (Phi) is 5.46. The van der Waals surface area contributed by atoms with E-state index in [0.717, 1.165) is 19.5 Å². The zero-order chi connectivity index (χ0) is 15.1. The Balaban J connectivity index is 1.70. The van der Waals surface area contributed by atoms with Gasteiger partial charge in [-0.05, 0) is 31.2 Å². The van der Waals surface area contributed by atoms with Crippen molar-refractivity contribution in [2.45, 2.75) is 13.0 Å². The Labute approximate surface area is 125 Å². The molecule has 0 unspecified atom stereocenters. The highest BCUT2D eigenvalue weighted by molar-refractivity contribution is 5.45. The Bertz CT molecular complexity index is 558. The van der Waals surface area contributed by atoms with Crippen LogP contribution in [0.4, 0.5) is 5.69 Å². The number of rotatable bonds is 7. The summed E-state index contributed by atoms with van der Waals surface area (Å²) in [7, 11) is 2.08. The fourth-order valence-corrected chi connectivity index (χ4v) is 2.20. The lowest BCUT2D eigenvalue weighted by atomic mass is 10.2. The van der Waals surface area contributed by atoms with Gasteiger partial charge in [0, 0.05) is 31.4 Å². The number of phenols is 2. The predicted octanol–water partition coefficient (Wildman–Crippen LogP) is 2.71. The van der Waals surface area contributed by atoms with Gasteiger partial charge in [0.15, 0.2) is 11.5 Å². The summed E-state index contributed by atoms with van der Waals surface area (Å²) in [5.74, 6) is -0.107. The maximum absolute atomic E-state index is 9.69. The van der Waals surface area contributed by atoms with Crippen LogP contribution in [0.15, 0.2) is 48.5 Å². The molecule has 3 N–H and O–H groups in total. The molecule has 0 radical (unpaired) electrons. The minimum Gasteiger partial charge on any atom is -0.504 e. The van der Waals surface area contributed by atoms with Gasteiger partial charge in [-0.25, -0.2) is 0 Å². The molecule has 0 heterocycles. The number of aromatic hydroxyl groups is 2. The first-order valence-corrected chi connectivity index (χ1v) is 7.15. The second kappa shape index (κ2) is 7.55. The molecule has 0 saturated heterocycles. The van der Waals surface area contributed by atoms with Gasteiger partial charge in [-0.15, -0.1) is 0 Å². The molecule has 2 rings (SSSR count). The highest BCUT2D eigenvalue weighted by atomic mass is 16.3. The van der Waals surface area contributed by atoms with Gasteiger partial charge in [-0.3, -0.25) is 0 Å². The first kappa shape index (κ1) is 15.2. The molecule has 0 aliphatic carbocycles. The Morgan fingerprint density at radius 3 is 2.52 bits per heavy atom. The van der Waals surface area contributed by atoms with E-state index in [-0.39, 0.29) is 11.5 Å². The lowest BCUT2D eigenvalue weighted by Crippen LogP contribution is -2.23. The summed E-state index contributed by atoms with van der Waals surface area (Å²) in [4.78, 5) is 2.22. The molecule has 0 amide bonds. The summed E-state index contributed by atoms with van der Waals surface area (Å²) in [6.45, 7) is 2.37. The van der Waals surface area contributed by atoms with Crippen molar-refractivity contribution in [1.29, 1.82) is 0 Å². The van der Waals surface area contributed by atoms with Crippen LogP contribution in [0.2, 0.25) is 0 Å². The Morgan fingerprint density at radius 2 is 1.76 bits per heavy atom. The second-order valence-corrected chi connectivity index (χ2v) is 5.07. The summed E-state index contributed by atoms with van der Waals surface area (Å²) < 4.78 is 0. The molecular weight excluding hydrogens is 264 g/mol. The molecule has 0 aliphatic heterocycles. The van der Waals surface area contributed by atoms with E-state index < -0.39 is 0 Å². The van der Waals surface area contributed by atoms with Crippen LogP contribution in [0.1, 0.15) is 12.0 Å². The van der Waals surface area contributed by atoms with Crippen LogP contribution in [0.25, 0.3) is 0 Å². The van der Waals surface area contributed by atoms with Crippen LogP contribution in [0.3, 0.4) is 0 Å². The number of anilines is 1. The van der Waals surface area contributed by atoms with Crippen molar-refractivity contribution in [1.82, 2.24) is 5.32 Å². The summed E-state index contributed by atoms with van der Waals surface area (Å²) >= 11 is 0. The highest BCUT2D eigenvalue weighted by Gasteiger charge is 2.05. The third-order valence-corrected chi connectivity index (χ3v) is 3.46. The molecular formula is C17H22N2O2. The van der Waals surface area contributed by atoms with E-state index in [2.05, 4.69) is 29.4 Å². The van der Waals surface area contributed by atoms with Crippen LogP contribution < -0.4 is 10.2 Å². The first-order valence-electron chi connectivity index (χ1n) is 7.15. The van der Waals surface area contributed by atoms with Crippen molar-refractivity contribution < 1.29 is 10.2 Å². The summed E-state index contributed by atoms with van der Waals surface area (Å²) in [6.07, 6.45) is 1.00. The average Bonchev–Trinajstić information content (AvgIpc) is 2.51. The quantitative estimate of drug-likeness (QED) is 0.541. The monoisotopic (exact) mass is 286 g/mol. The number of nitrogens with zero attached hydrogens (tertiary/aromatic N) is 1. The summed E-state index contributed by atoms with van der Waals surface area (Å²) in [5, 5.41) is 22.4. The van der Waals surface area contributed by atoms with E-state index in [0.29, 0.717) is 12.1 Å². The van der Waals surface area contributed by atoms with Gasteiger partial charge >= 0.3 is 0 Å². The smallest absolute Gasteiger partial charge is 0.161 e. The fourth-order valence-electron chi connectivity index (χ4n) is 2.20. The number of phenolic OH excluding ortho intramolecular Hbond substituents is 2. The number of hydrogen-bond acceptors (Lipinski definition) is 4. The molecule has 4 heteroatoms. The molecule has 0 aliphatic rings. The van der Waals surface area contributed by atoms with Crippen molar-refractivity contribution in [3.05, 3.63) is 54.1 Å². The molecule has 0 fully saturated rings. The van der Waals surface area contributed by atoms with Crippen molar-refractivity contribution in [3.63, 3.8) is 0 Å². The third kappa shape index (κ3) is 4.39. The van der Waals surface area contributed by atoms with Crippen LogP contribution in [0.5, 0.6) is 11.5 Å². The van der Waals surface area contributed by atoms with E-state index in [1.807, 2.05) is 18.2 Å². The largest absolute Gasteiger partial charge is 0.504 e. The van der Waals surface area contributed by atoms with Crippen molar-refractivity contribution in [2.75, 3.05) is 25.0 Å². The zero-order valence-corrected chi connectivity index (χ0v) is 12.3. The molecule has 2 aromatic rings. The van der Waals surface area contributed by atoms with Gasteiger partial charge in [-0.2, -0.15) is 0 Å². The normalized spacial score (nSPS) is 10.5. The molecule has 2 aromatic carbocycles. The van der Waals surface area contributed by atoms with Crippen LogP contribution in [0, 0.1) is 0 Å². The van der Waals surface area contributed by atoms with Gasteiger partial charge in [0.2, 0.25) is 0 Å². The molecule has 112 valence electrons. The number of nitrogens with one attached hydrogen (secondary N) is 1. The van der Waals surface area contributed by atoms with E-state index in [4.69, 9.17) is 0 Å². The predicted molar refractivity (Wildman–Crippen MR) is 85.8 cm³/mol. The van der Waals surface area contributed by atoms with Gasteiger partial charge in [0.25, 0.3) is 0 Å². The lowest BCUT2D eigenvalue weighted by Gasteiger charge is -2.19. The fraction of sp³-hybridized carbons (Fsp3) is 0.294. The van der Waals surface area contributed by atoms with Gasteiger partial charge in [0.1, 0.15) is 0 Å². The molecule has 21 heavy (non-hydrogen) atoms. The van der Waals surface area contributed by atoms with Crippen LogP contribution in [-0.4, -0.2) is 30.4 Å². The Hall–Kier alpha value is -2.20. The van der Waals surface area contributed by atoms with Crippen molar-refractivity contribution in [2.24, 2.45) is 0 Å². The summed E-state index contributed by atoms with van der Waals surface area (Å²) in [6, 6.07) is 15.3. The van der Waals surface area contributed by atoms with Crippen LogP contribution >= 0.6 is 0 Å².